The molecule has 1 aliphatic heterocycles. The van der Waals surface area contributed by atoms with E-state index in [4.69, 9.17) is 18.9 Å². The highest BCUT2D eigenvalue weighted by molar-refractivity contribution is 5.89. The van der Waals surface area contributed by atoms with Crippen molar-refractivity contribution < 1.29 is 28.5 Å². The molecule has 7 nitrogen and oxygen atoms in total. The van der Waals surface area contributed by atoms with Crippen molar-refractivity contribution in [3.05, 3.63) is 29.8 Å². The van der Waals surface area contributed by atoms with E-state index in [1.54, 1.807) is 26.2 Å². The minimum atomic E-state index is -0.523. The van der Waals surface area contributed by atoms with Gasteiger partial charge in [-0.3, -0.25) is 4.79 Å². The standard InChI is InChI=1S/C28H39NO6/c1-32-23-17-20(18-24(33-2)26(23)34-3)25(19-11-5-4-6-12-19)27(30)29-16-10-9-15-22(29)28(31)35-21-13-7-8-14-21/h7-8,17-19,21-22,25H,4-6,9-16H2,1-3H3/t22-,25?/m0/s1. The Hall–Kier alpha value is -2.70. The van der Waals surface area contributed by atoms with Crippen LogP contribution in [0.15, 0.2) is 24.3 Å². The number of hydrogen-bond donors (Lipinski definition) is 0. The van der Waals surface area contributed by atoms with Crippen LogP contribution in [0.1, 0.15) is 75.7 Å². The van der Waals surface area contributed by atoms with E-state index >= 15 is 0 Å². The van der Waals surface area contributed by atoms with Crippen molar-refractivity contribution in [3.63, 3.8) is 0 Å². The molecule has 2 atom stereocenters. The van der Waals surface area contributed by atoms with Crippen LogP contribution in [-0.2, 0) is 14.3 Å². The quantitative estimate of drug-likeness (QED) is 0.380. The van der Waals surface area contributed by atoms with Gasteiger partial charge in [-0.05, 0) is 55.7 Å². The monoisotopic (exact) mass is 485 g/mol. The maximum absolute atomic E-state index is 14.3. The van der Waals surface area contributed by atoms with Crippen molar-refractivity contribution in [2.75, 3.05) is 27.9 Å². The normalized spacial score (nSPS) is 22.0. The second kappa shape index (κ2) is 11.8. The van der Waals surface area contributed by atoms with Gasteiger partial charge in [0, 0.05) is 19.4 Å². The Morgan fingerprint density at radius 1 is 0.857 bits per heavy atom. The van der Waals surface area contributed by atoms with Gasteiger partial charge < -0.3 is 23.8 Å². The minimum absolute atomic E-state index is 0.0115. The first-order chi connectivity index (χ1) is 17.1. The van der Waals surface area contributed by atoms with Gasteiger partial charge in [-0.25, -0.2) is 4.79 Å². The first-order valence-electron chi connectivity index (χ1n) is 13.0. The number of carbonyl (C=O) groups is 2. The molecule has 2 fully saturated rings. The first-order valence-corrected chi connectivity index (χ1v) is 13.0. The van der Waals surface area contributed by atoms with E-state index < -0.39 is 6.04 Å². The molecule has 4 rings (SSSR count). The molecule has 35 heavy (non-hydrogen) atoms. The number of likely N-dealkylation sites (tertiary alicyclic amines) is 1. The number of hydrogen-bond acceptors (Lipinski definition) is 6. The molecule has 0 radical (unpaired) electrons. The Morgan fingerprint density at radius 3 is 2.09 bits per heavy atom. The third-order valence-corrected chi connectivity index (χ3v) is 7.74. The molecule has 2 aliphatic carbocycles. The number of carbonyl (C=O) groups excluding carboxylic acids is 2. The van der Waals surface area contributed by atoms with Gasteiger partial charge >= 0.3 is 5.97 Å². The number of rotatable bonds is 8. The number of amides is 1. The summed E-state index contributed by atoms with van der Waals surface area (Å²) in [6.07, 6.45) is 13.4. The summed E-state index contributed by atoms with van der Waals surface area (Å²) in [7, 11) is 4.76. The molecule has 3 aliphatic rings. The van der Waals surface area contributed by atoms with Gasteiger partial charge in [-0.15, -0.1) is 0 Å². The van der Waals surface area contributed by atoms with Crippen molar-refractivity contribution in [2.45, 2.75) is 82.3 Å². The fourth-order valence-corrected chi connectivity index (χ4v) is 5.92. The lowest BCUT2D eigenvalue weighted by Crippen LogP contribution is -2.51. The van der Waals surface area contributed by atoms with Crippen LogP contribution in [0.4, 0.5) is 0 Å². The molecule has 1 aromatic rings. The van der Waals surface area contributed by atoms with E-state index in [0.717, 1.165) is 56.9 Å². The molecule has 1 heterocycles. The molecular weight excluding hydrogens is 446 g/mol. The molecule has 1 amide bonds. The van der Waals surface area contributed by atoms with E-state index in [-0.39, 0.29) is 29.8 Å². The van der Waals surface area contributed by atoms with Crippen molar-refractivity contribution in [3.8, 4) is 17.2 Å². The maximum Gasteiger partial charge on any atom is 0.329 e. The molecule has 7 heteroatoms. The van der Waals surface area contributed by atoms with Gasteiger partial charge in [-0.2, -0.15) is 0 Å². The smallest absolute Gasteiger partial charge is 0.329 e. The van der Waals surface area contributed by atoms with Gasteiger partial charge in [-0.1, -0.05) is 31.4 Å². The first kappa shape index (κ1) is 25.4. The van der Waals surface area contributed by atoms with Gasteiger partial charge in [0.15, 0.2) is 11.5 Å². The van der Waals surface area contributed by atoms with Crippen LogP contribution in [0.3, 0.4) is 0 Å². The summed E-state index contributed by atoms with van der Waals surface area (Å²) in [5, 5.41) is 0. The van der Waals surface area contributed by atoms with Crippen molar-refractivity contribution >= 4 is 11.9 Å². The van der Waals surface area contributed by atoms with Crippen molar-refractivity contribution in [2.24, 2.45) is 5.92 Å². The van der Waals surface area contributed by atoms with Gasteiger partial charge in [0.05, 0.1) is 27.2 Å². The Morgan fingerprint density at radius 2 is 1.49 bits per heavy atom. The number of benzene rings is 1. The average molecular weight is 486 g/mol. The summed E-state index contributed by atoms with van der Waals surface area (Å²) in [5.41, 5.74) is 0.856. The largest absolute Gasteiger partial charge is 0.493 e. The fraction of sp³-hybridized carbons (Fsp3) is 0.643. The SMILES string of the molecule is COc1cc(C(C(=O)N2CCCC[C@H]2C(=O)OC2CC=CC2)C2CCCCC2)cc(OC)c1OC. The van der Waals surface area contributed by atoms with Crippen LogP contribution in [0.2, 0.25) is 0 Å². The second-order valence-electron chi connectivity index (χ2n) is 9.88. The Labute approximate surface area is 208 Å². The van der Waals surface area contributed by atoms with Crippen LogP contribution in [0, 0.1) is 5.92 Å². The maximum atomic E-state index is 14.3. The molecule has 0 aromatic heterocycles. The zero-order valence-corrected chi connectivity index (χ0v) is 21.3. The molecule has 0 spiro atoms. The van der Waals surface area contributed by atoms with E-state index in [1.807, 2.05) is 24.3 Å². The van der Waals surface area contributed by atoms with Gasteiger partial charge in [0.2, 0.25) is 11.7 Å². The third-order valence-electron chi connectivity index (χ3n) is 7.74. The summed E-state index contributed by atoms with van der Waals surface area (Å²) < 4.78 is 22.5. The summed E-state index contributed by atoms with van der Waals surface area (Å²) in [6.45, 7) is 0.579. The third kappa shape index (κ3) is 5.60. The van der Waals surface area contributed by atoms with Crippen molar-refractivity contribution in [1.29, 1.82) is 0 Å². The lowest BCUT2D eigenvalue weighted by atomic mass is 9.75. The molecule has 0 bridgehead atoms. The zero-order chi connectivity index (χ0) is 24.8. The molecule has 0 N–H and O–H groups in total. The summed E-state index contributed by atoms with van der Waals surface area (Å²) in [4.78, 5) is 29.3. The number of ether oxygens (including phenoxy) is 4. The second-order valence-corrected chi connectivity index (χ2v) is 9.88. The molecule has 192 valence electrons. The minimum Gasteiger partial charge on any atom is -0.493 e. The predicted molar refractivity (Wildman–Crippen MR) is 133 cm³/mol. The zero-order valence-electron chi connectivity index (χ0n) is 21.3. The Bertz CT molecular complexity index is 889. The molecule has 1 unspecified atom stereocenters. The highest BCUT2D eigenvalue weighted by Gasteiger charge is 2.41. The summed E-state index contributed by atoms with van der Waals surface area (Å²) in [5.74, 6) is 1.18. The molecule has 1 saturated carbocycles. The lowest BCUT2D eigenvalue weighted by Gasteiger charge is -2.39. The molecule has 1 aromatic carbocycles. The summed E-state index contributed by atoms with van der Waals surface area (Å²) in [6, 6.07) is 3.28. The fourth-order valence-electron chi connectivity index (χ4n) is 5.92. The Kier molecular flexibility index (Phi) is 8.58. The van der Waals surface area contributed by atoms with Crippen molar-refractivity contribution in [1.82, 2.24) is 4.90 Å². The number of esters is 1. The van der Waals surface area contributed by atoms with Gasteiger partial charge in [0.25, 0.3) is 0 Å². The van der Waals surface area contributed by atoms with Crippen LogP contribution in [0.5, 0.6) is 17.2 Å². The summed E-state index contributed by atoms with van der Waals surface area (Å²) >= 11 is 0. The highest BCUT2D eigenvalue weighted by atomic mass is 16.5. The average Bonchev–Trinajstić information content (AvgIpc) is 3.41. The highest BCUT2D eigenvalue weighted by Crippen LogP contribution is 2.45. The van der Waals surface area contributed by atoms with Gasteiger partial charge in [0.1, 0.15) is 12.1 Å². The Balaban J connectivity index is 1.66. The number of methoxy groups -OCH3 is 3. The van der Waals surface area contributed by atoms with E-state index in [2.05, 4.69) is 0 Å². The molecule has 1 saturated heterocycles. The van der Waals surface area contributed by atoms with E-state index in [0.29, 0.717) is 30.2 Å². The van der Waals surface area contributed by atoms with Crippen LogP contribution >= 0.6 is 0 Å². The van der Waals surface area contributed by atoms with Crippen LogP contribution < -0.4 is 14.2 Å². The van der Waals surface area contributed by atoms with E-state index in [9.17, 15) is 9.59 Å². The lowest BCUT2D eigenvalue weighted by molar-refractivity contribution is -0.162. The molecular formula is C28H39NO6. The predicted octanol–water partition coefficient (Wildman–Crippen LogP) is 5.02. The van der Waals surface area contributed by atoms with Crippen LogP contribution in [-0.4, -0.2) is 56.8 Å². The number of piperidine rings is 1. The topological polar surface area (TPSA) is 74.3 Å². The van der Waals surface area contributed by atoms with Crippen LogP contribution in [0.25, 0.3) is 0 Å². The van der Waals surface area contributed by atoms with E-state index in [1.165, 1.54) is 6.42 Å². The number of nitrogens with zero attached hydrogens (tertiary/aromatic N) is 1.